The van der Waals surface area contributed by atoms with Gasteiger partial charge in [-0.05, 0) is 38.0 Å². The molecule has 0 amide bonds. The first-order valence-electron chi connectivity index (χ1n) is 9.86. The zero-order valence-electron chi connectivity index (χ0n) is 16.9. The van der Waals surface area contributed by atoms with Crippen LogP contribution >= 0.6 is 0 Å². The molecule has 158 valence electrons. The average molecular weight is 412 g/mol. The van der Waals surface area contributed by atoms with Gasteiger partial charge in [0.1, 0.15) is 0 Å². The van der Waals surface area contributed by atoms with Crippen molar-refractivity contribution < 1.29 is 24.0 Å². The highest BCUT2D eigenvalue weighted by molar-refractivity contribution is 6.02. The van der Waals surface area contributed by atoms with E-state index in [4.69, 9.17) is 9.47 Å². The Bertz CT molecular complexity index is 912. The zero-order chi connectivity index (χ0) is 21.7. The van der Waals surface area contributed by atoms with E-state index in [9.17, 15) is 19.7 Å². The van der Waals surface area contributed by atoms with Crippen LogP contribution < -0.4 is 4.90 Å². The smallest absolute Gasteiger partial charge is 0.326 e. The van der Waals surface area contributed by atoms with Crippen LogP contribution in [0.1, 0.15) is 31.9 Å². The van der Waals surface area contributed by atoms with E-state index in [1.54, 1.807) is 26.0 Å². The first kappa shape index (κ1) is 21.3. The topological polar surface area (TPSA) is 99.0 Å². The highest BCUT2D eigenvalue weighted by Gasteiger charge is 2.61. The summed E-state index contributed by atoms with van der Waals surface area (Å²) in [6.45, 7) is 3.93. The van der Waals surface area contributed by atoms with Gasteiger partial charge in [0.2, 0.25) is 0 Å². The molecule has 0 bridgehead atoms. The van der Waals surface area contributed by atoms with Gasteiger partial charge < -0.3 is 14.4 Å². The molecule has 8 heteroatoms. The maximum absolute atomic E-state index is 13.2. The van der Waals surface area contributed by atoms with Gasteiger partial charge >= 0.3 is 11.9 Å². The van der Waals surface area contributed by atoms with Gasteiger partial charge in [-0.3, -0.25) is 19.7 Å². The van der Waals surface area contributed by atoms with Crippen molar-refractivity contribution in [2.75, 3.05) is 24.7 Å². The van der Waals surface area contributed by atoms with Crippen molar-refractivity contribution in [2.45, 2.75) is 26.3 Å². The Labute approximate surface area is 174 Å². The first-order valence-corrected chi connectivity index (χ1v) is 9.86. The summed E-state index contributed by atoms with van der Waals surface area (Å²) >= 11 is 0. The molecule has 1 aliphatic heterocycles. The van der Waals surface area contributed by atoms with Crippen LogP contribution in [0.15, 0.2) is 54.6 Å². The molecule has 8 nitrogen and oxygen atoms in total. The number of anilines is 1. The highest BCUT2D eigenvalue weighted by Crippen LogP contribution is 2.51. The molecule has 0 spiro atoms. The van der Waals surface area contributed by atoms with E-state index in [1.165, 1.54) is 12.1 Å². The first-order chi connectivity index (χ1) is 14.5. The second kappa shape index (κ2) is 8.94. The van der Waals surface area contributed by atoms with Crippen LogP contribution in [0, 0.1) is 15.5 Å². The lowest BCUT2D eigenvalue weighted by atomic mass is 9.76. The third kappa shape index (κ3) is 3.72. The Morgan fingerprint density at radius 3 is 2.27 bits per heavy atom. The molecular formula is C22H24N2O6. The number of nitrogens with zero attached hydrogens (tertiary/aromatic N) is 2. The number of benzene rings is 2. The summed E-state index contributed by atoms with van der Waals surface area (Å²) in [5.74, 6) is -1.36. The number of nitro benzene ring substituents is 1. The number of nitro groups is 1. The number of non-ortho nitro benzene ring substituents is 1. The maximum atomic E-state index is 13.2. The minimum atomic E-state index is -1.63. The summed E-state index contributed by atoms with van der Waals surface area (Å²) in [6, 6.07) is 14.5. The molecule has 1 unspecified atom stereocenters. The summed E-state index contributed by atoms with van der Waals surface area (Å²) < 4.78 is 10.6. The number of para-hydroxylation sites is 1. The van der Waals surface area contributed by atoms with Crippen LogP contribution in [-0.2, 0) is 19.1 Å². The number of esters is 2. The molecule has 3 rings (SSSR count). The minimum Gasteiger partial charge on any atom is -0.465 e. The van der Waals surface area contributed by atoms with E-state index >= 15 is 0 Å². The van der Waals surface area contributed by atoms with E-state index in [-0.39, 0.29) is 25.3 Å². The highest BCUT2D eigenvalue weighted by atomic mass is 16.6. The van der Waals surface area contributed by atoms with Gasteiger partial charge in [0.25, 0.3) is 5.69 Å². The summed E-state index contributed by atoms with van der Waals surface area (Å²) in [5, 5.41) is 11.4. The molecular weight excluding hydrogens is 388 g/mol. The number of hydrogen-bond acceptors (Lipinski definition) is 7. The van der Waals surface area contributed by atoms with Crippen molar-refractivity contribution >= 4 is 23.3 Å². The van der Waals surface area contributed by atoms with Crippen LogP contribution in [0.25, 0.3) is 0 Å². The quantitative estimate of drug-likeness (QED) is 0.296. The Kier molecular flexibility index (Phi) is 6.34. The largest absolute Gasteiger partial charge is 0.465 e. The lowest BCUT2D eigenvalue weighted by Gasteiger charge is -2.35. The molecule has 30 heavy (non-hydrogen) atoms. The van der Waals surface area contributed by atoms with Gasteiger partial charge in [-0.1, -0.05) is 30.3 Å². The van der Waals surface area contributed by atoms with Gasteiger partial charge in [0.15, 0.2) is 5.41 Å². The van der Waals surface area contributed by atoms with Gasteiger partial charge in [-0.25, -0.2) is 0 Å². The second-order valence-electron chi connectivity index (χ2n) is 6.95. The molecule has 2 aromatic carbocycles. The molecule has 0 N–H and O–H groups in total. The summed E-state index contributed by atoms with van der Waals surface area (Å²) in [4.78, 5) is 39.1. The van der Waals surface area contributed by atoms with Crippen molar-refractivity contribution in [2.24, 2.45) is 5.41 Å². The van der Waals surface area contributed by atoms with E-state index in [0.29, 0.717) is 12.1 Å². The van der Waals surface area contributed by atoms with Crippen molar-refractivity contribution in [1.29, 1.82) is 0 Å². The van der Waals surface area contributed by atoms with Crippen molar-refractivity contribution in [1.82, 2.24) is 0 Å². The SMILES string of the molecule is CCOC(=O)C1(C(=O)OCC)CCN(c2ccccc2)C1c1cccc([N+](=O)[O-])c1. The van der Waals surface area contributed by atoms with Gasteiger partial charge in [0, 0.05) is 24.4 Å². The second-order valence-corrected chi connectivity index (χ2v) is 6.95. The van der Waals surface area contributed by atoms with Crippen LogP contribution in [0.4, 0.5) is 11.4 Å². The van der Waals surface area contributed by atoms with Crippen LogP contribution in [0.3, 0.4) is 0 Å². The van der Waals surface area contributed by atoms with Crippen LogP contribution in [-0.4, -0.2) is 36.6 Å². The molecule has 0 aliphatic carbocycles. The molecule has 2 aromatic rings. The fourth-order valence-corrected chi connectivity index (χ4v) is 4.03. The maximum Gasteiger partial charge on any atom is 0.326 e. The number of carbonyl (C=O) groups excluding carboxylic acids is 2. The Balaban J connectivity index is 2.21. The minimum absolute atomic E-state index is 0.104. The molecule has 0 saturated carbocycles. The van der Waals surface area contributed by atoms with Crippen molar-refractivity contribution in [3.05, 3.63) is 70.3 Å². The summed E-state index contributed by atoms with van der Waals surface area (Å²) in [7, 11) is 0. The third-order valence-electron chi connectivity index (χ3n) is 5.29. The van der Waals surface area contributed by atoms with Gasteiger partial charge in [-0.15, -0.1) is 0 Å². The molecule has 1 heterocycles. The molecule has 1 saturated heterocycles. The number of ether oxygens (including phenoxy) is 2. The predicted molar refractivity (Wildman–Crippen MR) is 110 cm³/mol. The Morgan fingerprint density at radius 2 is 1.70 bits per heavy atom. The molecule has 1 atom stereocenters. The van der Waals surface area contributed by atoms with Crippen molar-refractivity contribution in [3.63, 3.8) is 0 Å². The molecule has 1 aliphatic rings. The lowest BCUT2D eigenvalue weighted by molar-refractivity contribution is -0.384. The third-order valence-corrected chi connectivity index (χ3v) is 5.29. The fourth-order valence-electron chi connectivity index (χ4n) is 4.03. The normalized spacial score (nSPS) is 17.4. The predicted octanol–water partition coefficient (Wildman–Crippen LogP) is 3.66. The number of hydrogen-bond donors (Lipinski definition) is 0. The lowest BCUT2D eigenvalue weighted by Crippen LogP contribution is -2.46. The number of rotatable bonds is 7. The van der Waals surface area contributed by atoms with Crippen LogP contribution in [0.5, 0.6) is 0 Å². The van der Waals surface area contributed by atoms with E-state index in [2.05, 4.69) is 0 Å². The standard InChI is InChI=1S/C22H24N2O6/c1-3-29-20(25)22(21(26)30-4-2)13-14-23(17-10-6-5-7-11-17)19(22)16-9-8-12-18(15-16)24(27)28/h5-12,15,19H,3-4,13-14H2,1-2H3. The molecule has 0 radical (unpaired) electrons. The fraction of sp³-hybridized carbons (Fsp3) is 0.364. The van der Waals surface area contributed by atoms with Gasteiger partial charge in [0.05, 0.1) is 24.2 Å². The summed E-state index contributed by atoms with van der Waals surface area (Å²) in [5.41, 5.74) is -0.470. The van der Waals surface area contributed by atoms with E-state index in [0.717, 1.165) is 5.69 Å². The Morgan fingerprint density at radius 1 is 1.07 bits per heavy atom. The van der Waals surface area contributed by atoms with Crippen molar-refractivity contribution in [3.8, 4) is 0 Å². The zero-order valence-corrected chi connectivity index (χ0v) is 16.9. The van der Waals surface area contributed by atoms with Gasteiger partial charge in [-0.2, -0.15) is 0 Å². The average Bonchev–Trinajstić information content (AvgIpc) is 3.16. The van der Waals surface area contributed by atoms with Crippen LogP contribution in [0.2, 0.25) is 0 Å². The van der Waals surface area contributed by atoms with E-state index < -0.39 is 28.3 Å². The monoisotopic (exact) mass is 412 g/mol. The Hall–Kier alpha value is -3.42. The summed E-state index contributed by atoms with van der Waals surface area (Å²) in [6.07, 6.45) is 0.174. The molecule has 1 fully saturated rings. The number of carbonyl (C=O) groups is 2. The molecule has 0 aromatic heterocycles. The van der Waals surface area contributed by atoms with E-state index in [1.807, 2.05) is 35.2 Å².